The van der Waals surface area contributed by atoms with Gasteiger partial charge >= 0.3 is 0 Å². The Kier molecular flexibility index (Phi) is 6.60. The summed E-state index contributed by atoms with van der Waals surface area (Å²) in [5, 5.41) is 21.2. The molecule has 0 bridgehead atoms. The molecule has 0 unspecified atom stereocenters. The van der Waals surface area contributed by atoms with Gasteiger partial charge in [-0.15, -0.1) is 0 Å². The van der Waals surface area contributed by atoms with Crippen molar-refractivity contribution in [1.82, 2.24) is 10.2 Å². The summed E-state index contributed by atoms with van der Waals surface area (Å²) in [6.45, 7) is 1.73. The number of hydrogen-bond donors (Lipinski definition) is 3. The van der Waals surface area contributed by atoms with Crippen molar-refractivity contribution >= 4 is 11.9 Å². The molecule has 148 valence electrons. The highest BCUT2D eigenvalue weighted by Crippen LogP contribution is 2.38. The second-order valence-electron chi connectivity index (χ2n) is 9.01. The number of aliphatic hydroxyl groups excluding tert-OH is 1. The standard InChI is InChI=1S/C21H37N3O2/c1-16(15-25)24-19(26)21(23-20(24)22,14-18-10-6-3-7-11-18)13-12-17-8-4-2-5-9-17/h16-18,25H,2-15H2,1H3,(H2,22,23)/t16-,21+/m0/s1. The van der Waals surface area contributed by atoms with Crippen molar-refractivity contribution in [3.8, 4) is 0 Å². The molecule has 5 heteroatoms. The molecule has 2 aliphatic carbocycles. The minimum absolute atomic E-state index is 0.0328. The first-order chi connectivity index (χ1) is 12.6. The lowest BCUT2D eigenvalue weighted by atomic mass is 9.75. The molecule has 1 heterocycles. The van der Waals surface area contributed by atoms with Crippen molar-refractivity contribution in [3.63, 3.8) is 0 Å². The summed E-state index contributed by atoms with van der Waals surface area (Å²) in [5.41, 5.74) is -0.611. The van der Waals surface area contributed by atoms with Crippen molar-refractivity contribution < 1.29 is 9.90 Å². The van der Waals surface area contributed by atoms with Gasteiger partial charge in [-0.05, 0) is 38.0 Å². The summed E-state index contributed by atoms with van der Waals surface area (Å²) in [5.74, 6) is 1.55. The molecule has 0 aromatic heterocycles. The van der Waals surface area contributed by atoms with Crippen LogP contribution in [0.15, 0.2) is 0 Å². The minimum atomic E-state index is -0.611. The molecule has 1 aliphatic heterocycles. The number of amides is 1. The van der Waals surface area contributed by atoms with E-state index in [1.807, 2.05) is 6.92 Å². The fourth-order valence-corrected chi connectivity index (χ4v) is 5.39. The van der Waals surface area contributed by atoms with E-state index < -0.39 is 5.54 Å². The number of carbonyl (C=O) groups excluding carboxylic acids is 1. The van der Waals surface area contributed by atoms with Crippen LogP contribution in [0.4, 0.5) is 0 Å². The first-order valence-electron chi connectivity index (χ1n) is 10.9. The molecule has 5 nitrogen and oxygen atoms in total. The Labute approximate surface area is 158 Å². The van der Waals surface area contributed by atoms with Gasteiger partial charge in [0.15, 0.2) is 5.96 Å². The molecule has 26 heavy (non-hydrogen) atoms. The summed E-state index contributed by atoms with van der Waals surface area (Å²) in [7, 11) is 0. The van der Waals surface area contributed by atoms with E-state index in [0.29, 0.717) is 5.92 Å². The SMILES string of the molecule is C[C@@H](CO)N1C(=N)N[C@](CCC2CCCCC2)(CC2CCCCC2)C1=O. The maximum absolute atomic E-state index is 13.4. The summed E-state index contributed by atoms with van der Waals surface area (Å²) in [6.07, 6.45) is 15.6. The topological polar surface area (TPSA) is 76.4 Å². The Morgan fingerprint density at radius 3 is 2.27 bits per heavy atom. The average Bonchev–Trinajstić information content (AvgIpc) is 2.91. The molecule has 3 aliphatic rings. The van der Waals surface area contributed by atoms with Crippen LogP contribution in [-0.4, -0.2) is 40.1 Å². The fourth-order valence-electron chi connectivity index (χ4n) is 5.39. The lowest BCUT2D eigenvalue weighted by Gasteiger charge is -2.35. The van der Waals surface area contributed by atoms with Gasteiger partial charge in [-0.3, -0.25) is 15.1 Å². The van der Waals surface area contributed by atoms with E-state index >= 15 is 0 Å². The van der Waals surface area contributed by atoms with E-state index in [-0.39, 0.29) is 24.5 Å². The van der Waals surface area contributed by atoms with Crippen LogP contribution in [0, 0.1) is 17.2 Å². The zero-order valence-electron chi connectivity index (χ0n) is 16.4. The smallest absolute Gasteiger partial charge is 0.255 e. The fraction of sp³-hybridized carbons (Fsp3) is 0.905. The van der Waals surface area contributed by atoms with Gasteiger partial charge < -0.3 is 10.4 Å². The van der Waals surface area contributed by atoms with Gasteiger partial charge in [0.1, 0.15) is 5.54 Å². The molecule has 1 saturated heterocycles. The number of nitrogens with zero attached hydrogens (tertiary/aromatic N) is 1. The second-order valence-corrected chi connectivity index (χ2v) is 9.01. The largest absolute Gasteiger partial charge is 0.394 e. The predicted molar refractivity (Wildman–Crippen MR) is 104 cm³/mol. The molecule has 3 fully saturated rings. The van der Waals surface area contributed by atoms with Crippen LogP contribution < -0.4 is 5.32 Å². The summed E-state index contributed by atoms with van der Waals surface area (Å²) < 4.78 is 0. The van der Waals surface area contributed by atoms with Gasteiger partial charge in [0.25, 0.3) is 5.91 Å². The zero-order chi connectivity index (χ0) is 18.6. The summed E-state index contributed by atoms with van der Waals surface area (Å²) >= 11 is 0. The van der Waals surface area contributed by atoms with Gasteiger partial charge in [0, 0.05) is 0 Å². The third-order valence-corrected chi connectivity index (χ3v) is 7.00. The molecular formula is C21H37N3O2. The van der Waals surface area contributed by atoms with Gasteiger partial charge in [-0.25, -0.2) is 0 Å². The monoisotopic (exact) mass is 363 g/mol. The van der Waals surface area contributed by atoms with Crippen molar-refractivity contribution in [2.24, 2.45) is 11.8 Å². The van der Waals surface area contributed by atoms with Gasteiger partial charge in [-0.2, -0.15) is 0 Å². The molecule has 2 atom stereocenters. The third kappa shape index (κ3) is 4.24. The molecule has 0 spiro atoms. The Balaban J connectivity index is 1.74. The average molecular weight is 364 g/mol. The molecule has 0 aromatic carbocycles. The highest BCUT2D eigenvalue weighted by atomic mass is 16.3. The number of aliphatic hydroxyl groups is 1. The number of carbonyl (C=O) groups is 1. The molecule has 2 saturated carbocycles. The van der Waals surface area contributed by atoms with E-state index in [1.165, 1.54) is 69.1 Å². The number of rotatable bonds is 7. The highest BCUT2D eigenvalue weighted by Gasteiger charge is 2.51. The van der Waals surface area contributed by atoms with E-state index in [4.69, 9.17) is 5.41 Å². The number of nitrogens with one attached hydrogen (secondary N) is 2. The maximum Gasteiger partial charge on any atom is 0.255 e. The third-order valence-electron chi connectivity index (χ3n) is 7.00. The summed E-state index contributed by atoms with van der Waals surface area (Å²) in [4.78, 5) is 14.9. The van der Waals surface area contributed by atoms with Gasteiger partial charge in [0.05, 0.1) is 12.6 Å². The van der Waals surface area contributed by atoms with E-state index in [2.05, 4.69) is 5.32 Å². The Morgan fingerprint density at radius 1 is 1.12 bits per heavy atom. The molecule has 1 amide bonds. The summed E-state index contributed by atoms with van der Waals surface area (Å²) in [6, 6.07) is -0.328. The van der Waals surface area contributed by atoms with E-state index in [1.54, 1.807) is 0 Å². The predicted octanol–water partition coefficient (Wildman–Crippen LogP) is 3.80. The van der Waals surface area contributed by atoms with Crippen LogP contribution in [0.3, 0.4) is 0 Å². The van der Waals surface area contributed by atoms with Crippen LogP contribution in [0.2, 0.25) is 0 Å². The zero-order valence-corrected chi connectivity index (χ0v) is 16.4. The Bertz CT molecular complexity index is 497. The van der Waals surface area contributed by atoms with Crippen LogP contribution in [0.1, 0.15) is 90.4 Å². The first-order valence-corrected chi connectivity index (χ1v) is 10.9. The Morgan fingerprint density at radius 2 is 1.69 bits per heavy atom. The first kappa shape index (κ1) is 19.7. The molecule has 0 aromatic rings. The van der Waals surface area contributed by atoms with Gasteiger partial charge in [0.2, 0.25) is 0 Å². The second kappa shape index (κ2) is 8.73. The van der Waals surface area contributed by atoms with E-state index in [0.717, 1.165) is 25.2 Å². The number of guanidine groups is 1. The quantitative estimate of drug-likeness (QED) is 0.644. The number of hydrogen-bond acceptors (Lipinski definition) is 3. The van der Waals surface area contributed by atoms with Crippen molar-refractivity contribution in [2.45, 2.75) is 102 Å². The van der Waals surface area contributed by atoms with Crippen LogP contribution in [-0.2, 0) is 4.79 Å². The van der Waals surface area contributed by atoms with Crippen LogP contribution in [0.25, 0.3) is 0 Å². The molecular weight excluding hydrogens is 326 g/mol. The lowest BCUT2D eigenvalue weighted by molar-refractivity contribution is -0.134. The molecule has 0 radical (unpaired) electrons. The normalized spacial score (nSPS) is 29.8. The van der Waals surface area contributed by atoms with Crippen molar-refractivity contribution in [1.29, 1.82) is 5.41 Å². The lowest BCUT2D eigenvalue weighted by Crippen LogP contribution is -2.50. The van der Waals surface area contributed by atoms with Crippen molar-refractivity contribution in [3.05, 3.63) is 0 Å². The van der Waals surface area contributed by atoms with Crippen molar-refractivity contribution in [2.75, 3.05) is 6.61 Å². The minimum Gasteiger partial charge on any atom is -0.394 e. The maximum atomic E-state index is 13.4. The highest BCUT2D eigenvalue weighted by molar-refractivity contribution is 6.08. The van der Waals surface area contributed by atoms with E-state index in [9.17, 15) is 9.90 Å². The van der Waals surface area contributed by atoms with Crippen LogP contribution in [0.5, 0.6) is 0 Å². The van der Waals surface area contributed by atoms with Crippen LogP contribution >= 0.6 is 0 Å². The van der Waals surface area contributed by atoms with Gasteiger partial charge in [-0.1, -0.05) is 64.2 Å². The molecule has 3 rings (SSSR count). The Hall–Kier alpha value is -1.10. The molecule has 3 N–H and O–H groups in total.